The molecule has 0 bridgehead atoms. The first kappa shape index (κ1) is 22.5. The molecule has 1 fully saturated rings. The minimum Gasteiger partial charge on any atom is -0.388 e. The van der Waals surface area contributed by atoms with Crippen molar-refractivity contribution in [3.8, 4) is 5.69 Å². The Labute approximate surface area is 198 Å². The molecule has 12 heteroatoms. The summed E-state index contributed by atoms with van der Waals surface area (Å²) in [6.45, 7) is 0.361. The Morgan fingerprint density at radius 1 is 1.23 bits per heavy atom. The van der Waals surface area contributed by atoms with E-state index in [4.69, 9.17) is 4.74 Å². The van der Waals surface area contributed by atoms with Gasteiger partial charge in [0, 0.05) is 19.3 Å². The Kier molecular flexibility index (Phi) is 5.89. The average molecular weight is 479 g/mol. The fourth-order valence-electron chi connectivity index (χ4n) is 3.85. The number of nitrogens with zero attached hydrogens (tertiary/aromatic N) is 4. The van der Waals surface area contributed by atoms with Crippen LogP contribution in [-0.2, 0) is 4.74 Å². The molecule has 0 radical (unpaired) electrons. The van der Waals surface area contributed by atoms with E-state index in [1.807, 2.05) is 0 Å². The highest BCUT2D eigenvalue weighted by Crippen LogP contribution is 2.21. The highest BCUT2D eigenvalue weighted by atomic mass is 19.1. The van der Waals surface area contributed by atoms with E-state index in [0.717, 1.165) is 0 Å². The Balaban J connectivity index is 1.49. The van der Waals surface area contributed by atoms with Crippen LogP contribution >= 0.6 is 0 Å². The van der Waals surface area contributed by atoms with Crippen molar-refractivity contribution < 1.29 is 19.0 Å². The molecule has 4 N–H and O–H groups in total. The molecule has 4 heterocycles. The minimum atomic E-state index is -0.794. The van der Waals surface area contributed by atoms with Crippen LogP contribution in [0.2, 0.25) is 0 Å². The topological polar surface area (TPSA) is 135 Å². The minimum absolute atomic E-state index is 0.153. The van der Waals surface area contributed by atoms with Crippen LogP contribution in [0.5, 0.6) is 0 Å². The van der Waals surface area contributed by atoms with Crippen LogP contribution in [0.3, 0.4) is 0 Å². The molecule has 0 unspecified atom stereocenters. The van der Waals surface area contributed by atoms with Crippen molar-refractivity contribution in [2.45, 2.75) is 12.1 Å². The van der Waals surface area contributed by atoms with Crippen LogP contribution in [-0.4, -0.2) is 62.6 Å². The van der Waals surface area contributed by atoms with E-state index in [9.17, 15) is 19.1 Å². The van der Waals surface area contributed by atoms with E-state index in [0.29, 0.717) is 11.5 Å². The predicted molar refractivity (Wildman–Crippen MR) is 126 cm³/mol. The molecular weight excluding hydrogens is 457 g/mol. The quantitative estimate of drug-likeness (QED) is 0.325. The van der Waals surface area contributed by atoms with Crippen LogP contribution in [0.4, 0.5) is 21.7 Å². The van der Waals surface area contributed by atoms with Gasteiger partial charge in [-0.05, 0) is 30.3 Å². The fourth-order valence-corrected chi connectivity index (χ4v) is 3.85. The van der Waals surface area contributed by atoms with Crippen molar-refractivity contribution in [1.29, 1.82) is 0 Å². The van der Waals surface area contributed by atoms with Crippen molar-refractivity contribution in [3.63, 3.8) is 0 Å². The van der Waals surface area contributed by atoms with Crippen molar-refractivity contribution in [2.24, 2.45) is 0 Å². The molecule has 5 rings (SSSR count). The number of carbonyl (C=O) groups is 1. The molecule has 1 aromatic carbocycles. The summed E-state index contributed by atoms with van der Waals surface area (Å²) in [5, 5.41) is 22.9. The summed E-state index contributed by atoms with van der Waals surface area (Å²) in [6, 6.07) is 10.0. The SMILES string of the molecule is CNc1cc(Nc2cccn(-c3cccc(F)c3)c2=O)nc2c(C(=O)N[C@H]3COC[C@H]3O)cnn12. The van der Waals surface area contributed by atoms with Crippen LogP contribution < -0.4 is 21.5 Å². The maximum atomic E-state index is 13.7. The molecule has 11 nitrogen and oxygen atoms in total. The van der Waals surface area contributed by atoms with Gasteiger partial charge in [-0.1, -0.05) is 6.07 Å². The van der Waals surface area contributed by atoms with Gasteiger partial charge in [-0.3, -0.25) is 14.2 Å². The number of carbonyl (C=O) groups excluding carboxylic acids is 1. The lowest BCUT2D eigenvalue weighted by atomic mass is 10.2. The number of aliphatic hydroxyl groups is 1. The van der Waals surface area contributed by atoms with Crippen LogP contribution in [0.15, 0.2) is 59.7 Å². The number of benzene rings is 1. The van der Waals surface area contributed by atoms with E-state index in [1.54, 1.807) is 37.5 Å². The van der Waals surface area contributed by atoms with Crippen molar-refractivity contribution in [3.05, 3.63) is 76.6 Å². The van der Waals surface area contributed by atoms with Crippen molar-refractivity contribution in [2.75, 3.05) is 30.9 Å². The number of rotatable bonds is 6. The Bertz CT molecular complexity index is 1470. The maximum absolute atomic E-state index is 13.7. The molecule has 1 saturated heterocycles. The second kappa shape index (κ2) is 9.16. The molecule has 1 aliphatic heterocycles. The number of aliphatic hydroxyl groups excluding tert-OH is 1. The lowest BCUT2D eigenvalue weighted by molar-refractivity contribution is 0.0888. The number of aromatic nitrogens is 4. The highest BCUT2D eigenvalue weighted by molar-refractivity contribution is 6.00. The summed E-state index contributed by atoms with van der Waals surface area (Å²) in [5.41, 5.74) is 0.604. The number of ether oxygens (including phenoxy) is 1. The first-order valence-electron chi connectivity index (χ1n) is 10.8. The van der Waals surface area contributed by atoms with Crippen molar-refractivity contribution in [1.82, 2.24) is 24.5 Å². The summed E-state index contributed by atoms with van der Waals surface area (Å²) < 4.78 is 21.6. The van der Waals surface area contributed by atoms with Gasteiger partial charge < -0.3 is 25.8 Å². The van der Waals surface area contributed by atoms with Crippen molar-refractivity contribution >= 4 is 28.9 Å². The molecule has 2 atom stereocenters. The largest absolute Gasteiger partial charge is 0.388 e. The first-order valence-corrected chi connectivity index (χ1v) is 10.8. The van der Waals surface area contributed by atoms with E-state index < -0.39 is 29.4 Å². The van der Waals surface area contributed by atoms with E-state index >= 15 is 0 Å². The molecule has 0 saturated carbocycles. The number of anilines is 3. The van der Waals surface area contributed by atoms with Gasteiger partial charge in [-0.2, -0.15) is 9.61 Å². The summed E-state index contributed by atoms with van der Waals surface area (Å²) >= 11 is 0. The van der Waals surface area contributed by atoms with Crippen LogP contribution in [0.1, 0.15) is 10.4 Å². The number of fused-ring (bicyclic) bond motifs is 1. The number of pyridine rings is 1. The standard InChI is InChI=1S/C23H22FN7O4/c1-25-20-9-19(27-16-6-3-7-30(23(16)34)14-5-2-4-13(24)8-14)29-21-15(10-26-31(20)21)22(33)28-17-11-35-12-18(17)32/h2-10,17-18,25,32H,11-12H2,1H3,(H,27,29)(H,28,33)/t17-,18+/m0/s1. The maximum Gasteiger partial charge on any atom is 0.278 e. The van der Waals surface area contributed by atoms with Gasteiger partial charge in [0.05, 0.1) is 37.2 Å². The van der Waals surface area contributed by atoms with E-state index in [1.165, 1.54) is 33.5 Å². The molecular formula is C23H22FN7O4. The molecule has 0 spiro atoms. The Hall–Kier alpha value is -4.29. The molecule has 1 aliphatic rings. The molecule has 180 valence electrons. The lowest BCUT2D eigenvalue weighted by Gasteiger charge is -2.14. The Morgan fingerprint density at radius 2 is 2.09 bits per heavy atom. The number of amides is 1. The molecule has 35 heavy (non-hydrogen) atoms. The zero-order valence-corrected chi connectivity index (χ0v) is 18.6. The fraction of sp³-hybridized carbons (Fsp3) is 0.217. The summed E-state index contributed by atoms with van der Waals surface area (Å²) in [4.78, 5) is 30.4. The second-order valence-corrected chi connectivity index (χ2v) is 7.96. The van der Waals surface area contributed by atoms with Gasteiger partial charge in [0.15, 0.2) is 5.65 Å². The van der Waals surface area contributed by atoms with Crippen LogP contribution in [0, 0.1) is 5.82 Å². The normalized spacial score (nSPS) is 17.5. The molecule has 4 aromatic rings. The van der Waals surface area contributed by atoms with Crippen LogP contribution in [0.25, 0.3) is 11.3 Å². The molecule has 1 amide bonds. The lowest BCUT2D eigenvalue weighted by Crippen LogP contribution is -2.42. The van der Waals surface area contributed by atoms with Gasteiger partial charge >= 0.3 is 0 Å². The third kappa shape index (κ3) is 4.32. The van der Waals surface area contributed by atoms with E-state index in [2.05, 4.69) is 26.0 Å². The first-order chi connectivity index (χ1) is 16.9. The highest BCUT2D eigenvalue weighted by Gasteiger charge is 2.29. The summed E-state index contributed by atoms with van der Waals surface area (Å²) in [6.07, 6.45) is 2.12. The molecule has 3 aromatic heterocycles. The summed E-state index contributed by atoms with van der Waals surface area (Å²) in [7, 11) is 1.69. The monoisotopic (exact) mass is 479 g/mol. The average Bonchev–Trinajstić information content (AvgIpc) is 3.46. The summed E-state index contributed by atoms with van der Waals surface area (Å²) in [5.74, 6) is -0.118. The number of halogens is 1. The third-order valence-corrected chi connectivity index (χ3v) is 5.64. The number of hydrogen-bond donors (Lipinski definition) is 4. The number of hydrogen-bond acceptors (Lipinski definition) is 8. The predicted octanol–water partition coefficient (Wildman–Crippen LogP) is 1.29. The third-order valence-electron chi connectivity index (χ3n) is 5.64. The second-order valence-electron chi connectivity index (χ2n) is 7.96. The van der Waals surface area contributed by atoms with Gasteiger partial charge in [-0.25, -0.2) is 9.37 Å². The van der Waals surface area contributed by atoms with E-state index in [-0.39, 0.29) is 35.9 Å². The zero-order chi connectivity index (χ0) is 24.5. The number of nitrogens with one attached hydrogen (secondary N) is 3. The van der Waals surface area contributed by atoms with Gasteiger partial charge in [0.1, 0.15) is 28.7 Å². The van der Waals surface area contributed by atoms with Gasteiger partial charge in [0.25, 0.3) is 11.5 Å². The van der Waals surface area contributed by atoms with Gasteiger partial charge in [-0.15, -0.1) is 0 Å². The smallest absolute Gasteiger partial charge is 0.278 e. The van der Waals surface area contributed by atoms with Gasteiger partial charge in [0.2, 0.25) is 0 Å². The molecule has 0 aliphatic carbocycles. The zero-order valence-electron chi connectivity index (χ0n) is 18.6. The Morgan fingerprint density at radius 3 is 2.83 bits per heavy atom.